The van der Waals surface area contributed by atoms with Crippen molar-refractivity contribution >= 4 is 23.4 Å². The summed E-state index contributed by atoms with van der Waals surface area (Å²) >= 11 is 1.88. The van der Waals surface area contributed by atoms with Crippen LogP contribution in [0.2, 0.25) is 0 Å². The molecular formula is C24H34N2O2S. The lowest BCUT2D eigenvalue weighted by Crippen LogP contribution is -2.43. The molecule has 1 aromatic carbocycles. The van der Waals surface area contributed by atoms with Crippen LogP contribution in [-0.2, 0) is 10.5 Å². The molecule has 0 spiro atoms. The second-order valence-corrected chi connectivity index (χ2v) is 9.48. The van der Waals surface area contributed by atoms with Crippen LogP contribution >= 0.6 is 11.8 Å². The SMILES string of the molecule is C=C/C=C\C(=C/C)c1ccccc1CSC1CC(CN)N(C(=O)OC(C)(C)C)C1. The number of carbonyl (C=O) groups excluding carboxylic acids is 1. The van der Waals surface area contributed by atoms with Crippen LogP contribution < -0.4 is 5.73 Å². The van der Waals surface area contributed by atoms with Crippen LogP contribution in [0.25, 0.3) is 5.57 Å². The number of hydrogen-bond donors (Lipinski definition) is 1. The normalized spacial score (nSPS) is 20.3. The van der Waals surface area contributed by atoms with Gasteiger partial charge in [0.25, 0.3) is 0 Å². The summed E-state index contributed by atoms with van der Waals surface area (Å²) in [6, 6.07) is 8.52. The van der Waals surface area contributed by atoms with Gasteiger partial charge >= 0.3 is 6.09 Å². The summed E-state index contributed by atoms with van der Waals surface area (Å²) in [5.41, 5.74) is 9.15. The highest BCUT2D eigenvalue weighted by Gasteiger charge is 2.37. The molecule has 1 aliphatic heterocycles. The summed E-state index contributed by atoms with van der Waals surface area (Å²) in [6.07, 6.45) is 8.59. The van der Waals surface area contributed by atoms with Crippen LogP contribution in [0.5, 0.6) is 0 Å². The molecule has 0 bridgehead atoms. The van der Waals surface area contributed by atoms with Crippen LogP contribution in [0.4, 0.5) is 4.79 Å². The molecule has 1 amide bonds. The zero-order chi connectivity index (χ0) is 21.4. The molecular weight excluding hydrogens is 380 g/mol. The molecule has 4 nitrogen and oxygen atoms in total. The van der Waals surface area contributed by atoms with Crippen LogP contribution in [-0.4, -0.2) is 41.0 Å². The summed E-state index contributed by atoms with van der Waals surface area (Å²) in [5.74, 6) is 0.888. The molecule has 0 radical (unpaired) electrons. The maximum absolute atomic E-state index is 12.5. The van der Waals surface area contributed by atoms with Gasteiger partial charge in [-0.05, 0) is 50.8 Å². The highest BCUT2D eigenvalue weighted by Crippen LogP contribution is 2.32. The molecule has 2 atom stereocenters. The van der Waals surface area contributed by atoms with Crippen molar-refractivity contribution in [3.8, 4) is 0 Å². The van der Waals surface area contributed by atoms with E-state index in [-0.39, 0.29) is 12.1 Å². The number of rotatable bonds is 7. The van der Waals surface area contributed by atoms with Crippen LogP contribution in [0.15, 0.2) is 55.1 Å². The molecule has 1 fully saturated rings. The Balaban J connectivity index is 2.06. The molecule has 2 unspecified atom stereocenters. The highest BCUT2D eigenvalue weighted by molar-refractivity contribution is 7.99. The second-order valence-electron chi connectivity index (χ2n) is 8.19. The fraction of sp³-hybridized carbons (Fsp3) is 0.458. The van der Waals surface area contributed by atoms with E-state index >= 15 is 0 Å². The molecule has 5 heteroatoms. The number of carbonyl (C=O) groups is 1. The minimum absolute atomic E-state index is 0.0409. The van der Waals surface area contributed by atoms with Gasteiger partial charge in [0.1, 0.15) is 5.60 Å². The monoisotopic (exact) mass is 414 g/mol. The first kappa shape index (κ1) is 23.3. The third-order valence-corrected chi connectivity index (χ3v) is 6.09. The van der Waals surface area contributed by atoms with Crippen LogP contribution in [0.3, 0.4) is 0 Å². The lowest BCUT2D eigenvalue weighted by Gasteiger charge is -2.27. The molecule has 158 valence electrons. The van der Waals surface area contributed by atoms with Crippen molar-refractivity contribution in [2.75, 3.05) is 13.1 Å². The van der Waals surface area contributed by atoms with E-state index in [1.165, 1.54) is 16.7 Å². The first-order valence-electron chi connectivity index (χ1n) is 10.1. The zero-order valence-corrected chi connectivity index (χ0v) is 18.9. The van der Waals surface area contributed by atoms with Gasteiger partial charge in [0.15, 0.2) is 0 Å². The van der Waals surface area contributed by atoms with Gasteiger partial charge < -0.3 is 15.4 Å². The van der Waals surface area contributed by atoms with E-state index in [9.17, 15) is 4.79 Å². The van der Waals surface area contributed by atoms with E-state index in [0.29, 0.717) is 18.3 Å². The van der Waals surface area contributed by atoms with Crippen molar-refractivity contribution in [2.45, 2.75) is 56.8 Å². The number of benzene rings is 1. The van der Waals surface area contributed by atoms with E-state index in [4.69, 9.17) is 10.5 Å². The van der Waals surface area contributed by atoms with Crippen LogP contribution in [0.1, 0.15) is 45.2 Å². The molecule has 1 aromatic rings. The average Bonchev–Trinajstić information content (AvgIpc) is 3.10. The zero-order valence-electron chi connectivity index (χ0n) is 18.1. The van der Waals surface area contributed by atoms with Gasteiger partial charge in [-0.1, -0.05) is 55.1 Å². The molecule has 0 aromatic heterocycles. The third-order valence-electron chi connectivity index (χ3n) is 4.80. The van der Waals surface area contributed by atoms with Crippen LogP contribution in [0, 0.1) is 0 Å². The van der Waals surface area contributed by atoms with Crippen molar-refractivity contribution in [1.29, 1.82) is 0 Å². The van der Waals surface area contributed by atoms with Gasteiger partial charge in [0.05, 0.1) is 0 Å². The Labute approximate surface area is 179 Å². The Morgan fingerprint density at radius 3 is 2.72 bits per heavy atom. The van der Waals surface area contributed by atoms with Crippen molar-refractivity contribution in [3.05, 3.63) is 66.3 Å². The van der Waals surface area contributed by atoms with Gasteiger partial charge in [-0.2, -0.15) is 11.8 Å². The molecule has 0 aliphatic carbocycles. The van der Waals surface area contributed by atoms with E-state index in [1.807, 2.05) is 45.5 Å². The summed E-state index contributed by atoms with van der Waals surface area (Å²) in [7, 11) is 0. The van der Waals surface area contributed by atoms with Crippen molar-refractivity contribution in [1.82, 2.24) is 4.90 Å². The second kappa shape index (κ2) is 10.7. The van der Waals surface area contributed by atoms with E-state index in [0.717, 1.165) is 12.2 Å². The largest absolute Gasteiger partial charge is 0.444 e. The summed E-state index contributed by atoms with van der Waals surface area (Å²) < 4.78 is 5.57. The number of amides is 1. The summed E-state index contributed by atoms with van der Waals surface area (Å²) in [4.78, 5) is 14.4. The van der Waals surface area contributed by atoms with Gasteiger partial charge in [0, 0.05) is 30.1 Å². The Morgan fingerprint density at radius 1 is 1.38 bits per heavy atom. The lowest BCUT2D eigenvalue weighted by atomic mass is 10.00. The number of nitrogens with zero attached hydrogens (tertiary/aromatic N) is 1. The maximum Gasteiger partial charge on any atom is 0.410 e. The topological polar surface area (TPSA) is 55.6 Å². The number of allylic oxidation sites excluding steroid dienone is 5. The van der Waals surface area contributed by atoms with E-state index < -0.39 is 5.60 Å². The Kier molecular flexibility index (Phi) is 8.60. The Morgan fingerprint density at radius 2 is 2.10 bits per heavy atom. The minimum Gasteiger partial charge on any atom is -0.444 e. The lowest BCUT2D eigenvalue weighted by molar-refractivity contribution is 0.0232. The highest BCUT2D eigenvalue weighted by atomic mass is 32.2. The van der Waals surface area contributed by atoms with E-state index in [2.05, 4.69) is 43.0 Å². The number of nitrogens with two attached hydrogens (primary N) is 1. The molecule has 29 heavy (non-hydrogen) atoms. The molecule has 1 saturated heterocycles. The van der Waals surface area contributed by atoms with E-state index in [1.54, 1.807) is 11.0 Å². The number of ether oxygens (including phenoxy) is 1. The van der Waals surface area contributed by atoms with Gasteiger partial charge in [-0.15, -0.1) is 0 Å². The summed E-state index contributed by atoms with van der Waals surface area (Å²) in [5, 5.41) is 0.349. The predicted molar refractivity (Wildman–Crippen MR) is 125 cm³/mol. The smallest absolute Gasteiger partial charge is 0.410 e. The molecule has 0 saturated carbocycles. The van der Waals surface area contributed by atoms with Gasteiger partial charge in [-0.3, -0.25) is 0 Å². The fourth-order valence-corrected chi connectivity index (χ4v) is 4.70. The van der Waals surface area contributed by atoms with Crippen molar-refractivity contribution in [3.63, 3.8) is 0 Å². The summed E-state index contributed by atoms with van der Waals surface area (Å²) in [6.45, 7) is 12.6. The fourth-order valence-electron chi connectivity index (χ4n) is 3.41. The molecule has 1 aliphatic rings. The predicted octanol–water partition coefficient (Wildman–Crippen LogP) is 5.40. The minimum atomic E-state index is -0.498. The molecule has 2 N–H and O–H groups in total. The first-order valence-corrected chi connectivity index (χ1v) is 11.2. The standard InChI is InChI=1S/C24H34N2O2S/c1-6-8-11-18(7-2)22-13-10-9-12-19(22)17-29-21-14-20(15-25)26(16-21)23(27)28-24(3,4)5/h6-13,20-21H,1,14-17,25H2,2-5H3/b11-8-,18-7+. The Bertz CT molecular complexity index is 764. The molecule has 2 rings (SSSR count). The maximum atomic E-state index is 12.5. The number of likely N-dealkylation sites (tertiary alicyclic amines) is 1. The Hall–Kier alpha value is -1.98. The van der Waals surface area contributed by atoms with Gasteiger partial charge in [-0.25, -0.2) is 4.79 Å². The third kappa shape index (κ3) is 6.79. The quantitative estimate of drug-likeness (QED) is 0.607. The van der Waals surface area contributed by atoms with Crippen molar-refractivity contribution < 1.29 is 9.53 Å². The molecule has 1 heterocycles. The van der Waals surface area contributed by atoms with Crippen molar-refractivity contribution in [2.24, 2.45) is 5.73 Å². The average molecular weight is 415 g/mol. The number of hydrogen-bond acceptors (Lipinski definition) is 4. The number of thioether (sulfide) groups is 1. The van der Waals surface area contributed by atoms with Gasteiger partial charge in [0.2, 0.25) is 0 Å². The first-order chi connectivity index (χ1) is 13.8.